The molecule has 0 bridgehead atoms. The molecule has 92 valence electrons. The third kappa shape index (κ3) is 3.06. The molecule has 0 spiro atoms. The highest BCUT2D eigenvalue weighted by Gasteiger charge is 2.41. The largest absolute Gasteiger partial charge is 0.451 e. The summed E-state index contributed by atoms with van der Waals surface area (Å²) in [6.07, 6.45) is 7.92. The van der Waals surface area contributed by atoms with Gasteiger partial charge in [0.15, 0.2) is 11.9 Å². The van der Waals surface area contributed by atoms with Crippen LogP contribution in [0.3, 0.4) is 0 Å². The number of carbonyl (C=O) groups excluding carboxylic acids is 2. The Morgan fingerprint density at radius 3 is 2.44 bits per heavy atom. The smallest absolute Gasteiger partial charge is 0.303 e. The van der Waals surface area contributed by atoms with Crippen LogP contribution in [-0.4, -0.2) is 17.9 Å². The Hall–Kier alpha value is -0.860. The van der Waals surface area contributed by atoms with Crippen molar-refractivity contribution in [3.05, 3.63) is 0 Å². The molecule has 16 heavy (non-hydrogen) atoms. The summed E-state index contributed by atoms with van der Waals surface area (Å²) >= 11 is 0. The maximum absolute atomic E-state index is 11.4. The minimum atomic E-state index is -0.846. The van der Waals surface area contributed by atoms with Gasteiger partial charge in [-0.2, -0.15) is 0 Å². The number of hydrogen-bond donors (Lipinski definition) is 0. The molecule has 0 radical (unpaired) electrons. The molecule has 0 heterocycles. The zero-order valence-electron chi connectivity index (χ0n) is 10.3. The van der Waals surface area contributed by atoms with Gasteiger partial charge in [-0.3, -0.25) is 9.59 Å². The zero-order chi connectivity index (χ0) is 12.0. The van der Waals surface area contributed by atoms with Crippen LogP contribution >= 0.6 is 0 Å². The molecule has 1 aliphatic carbocycles. The topological polar surface area (TPSA) is 43.4 Å². The van der Waals surface area contributed by atoms with Gasteiger partial charge in [-0.1, -0.05) is 32.6 Å². The summed E-state index contributed by atoms with van der Waals surface area (Å²) in [5, 5.41) is 0. The van der Waals surface area contributed by atoms with Gasteiger partial charge in [0.1, 0.15) is 0 Å². The van der Waals surface area contributed by atoms with E-state index in [4.69, 9.17) is 4.74 Å². The van der Waals surface area contributed by atoms with Gasteiger partial charge < -0.3 is 4.74 Å². The Morgan fingerprint density at radius 1 is 1.38 bits per heavy atom. The first-order valence-electron chi connectivity index (χ1n) is 6.30. The van der Waals surface area contributed by atoms with E-state index in [1.807, 2.05) is 6.92 Å². The zero-order valence-corrected chi connectivity index (χ0v) is 10.3. The van der Waals surface area contributed by atoms with Gasteiger partial charge in [-0.25, -0.2) is 0 Å². The molecule has 1 unspecified atom stereocenters. The number of aldehydes is 1. The molecule has 1 rings (SSSR count). The maximum Gasteiger partial charge on any atom is 0.303 e. The summed E-state index contributed by atoms with van der Waals surface area (Å²) in [7, 11) is 0. The van der Waals surface area contributed by atoms with Crippen LogP contribution in [0.4, 0.5) is 0 Å². The quantitative estimate of drug-likeness (QED) is 0.535. The third-order valence-corrected chi connectivity index (χ3v) is 3.47. The molecular weight excluding hydrogens is 204 g/mol. The summed E-state index contributed by atoms with van der Waals surface area (Å²) in [5.74, 6) is -0.117. The molecule has 0 amide bonds. The van der Waals surface area contributed by atoms with E-state index in [1.165, 1.54) is 13.3 Å². The van der Waals surface area contributed by atoms with Crippen molar-refractivity contribution in [2.45, 2.75) is 64.4 Å². The average Bonchev–Trinajstić information content (AvgIpc) is 2.29. The molecule has 0 N–H and O–H groups in total. The lowest BCUT2D eigenvalue weighted by Crippen LogP contribution is -2.44. The van der Waals surface area contributed by atoms with Crippen molar-refractivity contribution in [1.82, 2.24) is 0 Å². The van der Waals surface area contributed by atoms with E-state index in [-0.39, 0.29) is 11.9 Å². The van der Waals surface area contributed by atoms with Gasteiger partial charge in [-0.05, 0) is 19.3 Å². The molecule has 0 saturated heterocycles. The standard InChI is InChI=1S/C13H22O3/c1-3-9-13(10-14,16-11(2)15)12-7-5-4-6-8-12/h10,12H,3-9H2,1-2H3. The van der Waals surface area contributed by atoms with Crippen LogP contribution in [0.2, 0.25) is 0 Å². The van der Waals surface area contributed by atoms with E-state index in [2.05, 4.69) is 0 Å². The third-order valence-electron chi connectivity index (χ3n) is 3.47. The first-order chi connectivity index (χ1) is 7.64. The monoisotopic (exact) mass is 226 g/mol. The number of carbonyl (C=O) groups is 2. The number of esters is 1. The van der Waals surface area contributed by atoms with Crippen molar-refractivity contribution in [2.75, 3.05) is 0 Å². The predicted molar refractivity (Wildman–Crippen MR) is 62.0 cm³/mol. The van der Waals surface area contributed by atoms with Crippen molar-refractivity contribution in [1.29, 1.82) is 0 Å². The van der Waals surface area contributed by atoms with Gasteiger partial charge in [0.25, 0.3) is 0 Å². The van der Waals surface area contributed by atoms with Crippen LogP contribution in [-0.2, 0) is 14.3 Å². The van der Waals surface area contributed by atoms with Crippen molar-refractivity contribution >= 4 is 12.3 Å². The summed E-state index contributed by atoms with van der Waals surface area (Å²) in [6, 6.07) is 0. The molecule has 1 atom stereocenters. The molecule has 1 saturated carbocycles. The summed E-state index contributed by atoms with van der Waals surface area (Å²) in [5.41, 5.74) is -0.846. The Morgan fingerprint density at radius 2 is 2.00 bits per heavy atom. The number of ether oxygens (including phenoxy) is 1. The van der Waals surface area contributed by atoms with Gasteiger partial charge in [0.05, 0.1) is 0 Å². The van der Waals surface area contributed by atoms with Gasteiger partial charge in [-0.15, -0.1) is 0 Å². The molecule has 3 nitrogen and oxygen atoms in total. The Bertz CT molecular complexity index is 244. The second-order valence-electron chi connectivity index (χ2n) is 4.75. The lowest BCUT2D eigenvalue weighted by molar-refractivity contribution is -0.169. The fraction of sp³-hybridized carbons (Fsp3) is 0.846. The highest BCUT2D eigenvalue weighted by Crippen LogP contribution is 2.37. The Kier molecular flexibility index (Phi) is 4.97. The van der Waals surface area contributed by atoms with Crippen molar-refractivity contribution in [2.24, 2.45) is 5.92 Å². The van der Waals surface area contributed by atoms with Crippen molar-refractivity contribution in [3.63, 3.8) is 0 Å². The van der Waals surface area contributed by atoms with E-state index < -0.39 is 5.60 Å². The highest BCUT2D eigenvalue weighted by molar-refractivity contribution is 5.73. The van der Waals surface area contributed by atoms with Crippen molar-refractivity contribution in [3.8, 4) is 0 Å². The van der Waals surface area contributed by atoms with Gasteiger partial charge >= 0.3 is 5.97 Å². The van der Waals surface area contributed by atoms with Crippen LogP contribution in [0, 0.1) is 5.92 Å². The van der Waals surface area contributed by atoms with Crippen LogP contribution in [0.15, 0.2) is 0 Å². The molecule has 0 aliphatic heterocycles. The van der Waals surface area contributed by atoms with E-state index >= 15 is 0 Å². The lowest BCUT2D eigenvalue weighted by Gasteiger charge is -2.37. The van der Waals surface area contributed by atoms with Crippen molar-refractivity contribution < 1.29 is 14.3 Å². The fourth-order valence-electron chi connectivity index (χ4n) is 2.77. The van der Waals surface area contributed by atoms with E-state index in [0.29, 0.717) is 6.42 Å². The van der Waals surface area contributed by atoms with Crippen LogP contribution in [0.25, 0.3) is 0 Å². The van der Waals surface area contributed by atoms with E-state index in [9.17, 15) is 9.59 Å². The predicted octanol–water partition coefficient (Wildman–Crippen LogP) is 2.87. The second-order valence-corrected chi connectivity index (χ2v) is 4.75. The summed E-state index contributed by atoms with van der Waals surface area (Å²) in [6.45, 7) is 3.40. The summed E-state index contributed by atoms with van der Waals surface area (Å²) in [4.78, 5) is 22.5. The molecule has 1 fully saturated rings. The molecule has 0 aromatic carbocycles. The fourth-order valence-corrected chi connectivity index (χ4v) is 2.77. The molecule has 0 aromatic rings. The average molecular weight is 226 g/mol. The second kappa shape index (κ2) is 6.02. The number of rotatable bonds is 5. The van der Waals surface area contributed by atoms with E-state index in [1.54, 1.807) is 0 Å². The van der Waals surface area contributed by atoms with Gasteiger partial charge in [0.2, 0.25) is 0 Å². The normalized spacial score (nSPS) is 21.1. The minimum Gasteiger partial charge on any atom is -0.451 e. The minimum absolute atomic E-state index is 0.225. The first kappa shape index (κ1) is 13.2. The van der Waals surface area contributed by atoms with Crippen LogP contribution < -0.4 is 0 Å². The van der Waals surface area contributed by atoms with Gasteiger partial charge in [0, 0.05) is 12.8 Å². The Balaban J connectivity index is 2.80. The van der Waals surface area contributed by atoms with Crippen LogP contribution in [0.5, 0.6) is 0 Å². The molecule has 1 aliphatic rings. The SMILES string of the molecule is CCCC(C=O)(OC(C)=O)C1CCCCC1. The highest BCUT2D eigenvalue weighted by atomic mass is 16.6. The van der Waals surface area contributed by atoms with E-state index in [0.717, 1.165) is 38.4 Å². The molecular formula is C13H22O3. The van der Waals surface area contributed by atoms with Crippen LogP contribution in [0.1, 0.15) is 58.8 Å². The summed E-state index contributed by atoms with van der Waals surface area (Å²) < 4.78 is 5.36. The lowest BCUT2D eigenvalue weighted by atomic mass is 9.75. The maximum atomic E-state index is 11.4. The molecule has 0 aromatic heterocycles. The number of hydrogen-bond acceptors (Lipinski definition) is 3. The first-order valence-corrected chi connectivity index (χ1v) is 6.30. The molecule has 3 heteroatoms. The Labute approximate surface area is 97.5 Å².